The van der Waals surface area contributed by atoms with Crippen LogP contribution in [0.15, 0.2) is 152 Å². The lowest BCUT2D eigenvalue weighted by Crippen LogP contribution is -2.09. The highest BCUT2D eigenvalue weighted by Crippen LogP contribution is 2.39. The first-order chi connectivity index (χ1) is 18.8. The monoisotopic (exact) mass is 486 g/mol. The molecule has 2 nitrogen and oxygen atoms in total. The van der Waals surface area contributed by atoms with Crippen molar-refractivity contribution in [2.45, 2.75) is 0 Å². The van der Waals surface area contributed by atoms with Crippen LogP contribution in [-0.4, -0.2) is 4.98 Å². The van der Waals surface area contributed by atoms with Crippen molar-refractivity contribution in [1.29, 1.82) is 0 Å². The van der Waals surface area contributed by atoms with Gasteiger partial charge in [-0.3, -0.25) is 0 Å². The summed E-state index contributed by atoms with van der Waals surface area (Å²) in [6.07, 6.45) is 0. The molecule has 6 aromatic carbocycles. The Kier molecular flexibility index (Phi) is 5.49. The Labute approximate surface area is 222 Å². The zero-order valence-corrected chi connectivity index (χ0v) is 20.9. The van der Waals surface area contributed by atoms with Gasteiger partial charge in [0, 0.05) is 38.9 Å². The van der Waals surface area contributed by atoms with Gasteiger partial charge in [-0.2, -0.15) is 0 Å². The molecule has 0 aliphatic carbocycles. The smallest absolute Gasteiger partial charge is 0.0469 e. The van der Waals surface area contributed by atoms with Crippen molar-refractivity contribution in [3.8, 4) is 22.3 Å². The Hall–Kier alpha value is -5.08. The first-order valence-electron chi connectivity index (χ1n) is 13.0. The summed E-state index contributed by atoms with van der Waals surface area (Å²) >= 11 is 0. The average Bonchev–Trinajstić information content (AvgIpc) is 3.36. The predicted octanol–water partition coefficient (Wildman–Crippen LogP) is 10.1. The van der Waals surface area contributed by atoms with Crippen molar-refractivity contribution in [2.75, 3.05) is 4.90 Å². The molecule has 0 amide bonds. The molecule has 0 fully saturated rings. The maximum atomic E-state index is 3.61. The molecule has 2 heteroatoms. The maximum absolute atomic E-state index is 3.61. The summed E-state index contributed by atoms with van der Waals surface area (Å²) in [6.45, 7) is 0. The number of nitrogens with zero attached hydrogens (tertiary/aromatic N) is 1. The molecule has 1 N–H and O–H groups in total. The molecule has 0 aliphatic heterocycles. The Balaban J connectivity index is 1.36. The molecule has 0 spiro atoms. The number of hydrogen-bond acceptors (Lipinski definition) is 1. The van der Waals surface area contributed by atoms with E-state index in [-0.39, 0.29) is 0 Å². The van der Waals surface area contributed by atoms with Crippen LogP contribution in [0.25, 0.3) is 44.1 Å². The Morgan fingerprint density at radius 1 is 0.342 bits per heavy atom. The summed E-state index contributed by atoms with van der Waals surface area (Å²) in [5.74, 6) is 0. The number of aromatic amines is 1. The number of H-pyrrole nitrogens is 1. The van der Waals surface area contributed by atoms with Gasteiger partial charge in [-0.15, -0.1) is 0 Å². The molecule has 1 aromatic heterocycles. The van der Waals surface area contributed by atoms with Gasteiger partial charge in [0.05, 0.1) is 0 Å². The fourth-order valence-electron chi connectivity index (χ4n) is 5.29. The van der Waals surface area contributed by atoms with Crippen LogP contribution in [0.5, 0.6) is 0 Å². The second kappa shape index (κ2) is 9.42. The minimum Gasteiger partial charge on any atom is -0.355 e. The van der Waals surface area contributed by atoms with E-state index in [4.69, 9.17) is 0 Å². The fraction of sp³-hybridized carbons (Fsp3) is 0. The second-order valence-corrected chi connectivity index (χ2v) is 9.57. The molecule has 0 atom stereocenters. The molecule has 0 bridgehead atoms. The third kappa shape index (κ3) is 4.03. The van der Waals surface area contributed by atoms with Gasteiger partial charge in [-0.1, -0.05) is 97.1 Å². The topological polar surface area (TPSA) is 19.0 Å². The largest absolute Gasteiger partial charge is 0.355 e. The van der Waals surface area contributed by atoms with E-state index in [1.54, 1.807) is 0 Å². The quantitative estimate of drug-likeness (QED) is 0.256. The summed E-state index contributed by atoms with van der Waals surface area (Å²) < 4.78 is 0. The molecule has 1 heterocycles. The predicted molar refractivity (Wildman–Crippen MR) is 161 cm³/mol. The molecule has 0 aliphatic rings. The van der Waals surface area contributed by atoms with Gasteiger partial charge in [-0.25, -0.2) is 0 Å². The fourth-order valence-corrected chi connectivity index (χ4v) is 5.29. The molecule has 0 radical (unpaired) electrons. The number of para-hydroxylation sites is 1. The highest BCUT2D eigenvalue weighted by Gasteiger charge is 2.15. The number of benzene rings is 6. The van der Waals surface area contributed by atoms with Gasteiger partial charge >= 0.3 is 0 Å². The van der Waals surface area contributed by atoms with Gasteiger partial charge in [0.1, 0.15) is 0 Å². The third-order valence-corrected chi connectivity index (χ3v) is 7.19. The minimum atomic E-state index is 1.13. The van der Waals surface area contributed by atoms with E-state index in [2.05, 4.69) is 162 Å². The van der Waals surface area contributed by atoms with Crippen LogP contribution in [0.3, 0.4) is 0 Å². The maximum Gasteiger partial charge on any atom is 0.0469 e. The molecule has 0 saturated carbocycles. The standard InChI is InChI=1S/C36H26N2/c1-4-10-26(11-5-1)28-16-19-31(20-17-28)38(30-14-8-3-9-15-30)32-21-23-36-34(25-32)33-24-29(18-22-35(33)37-36)27-12-6-2-7-13-27/h1-25,37H. The SMILES string of the molecule is c1ccc(-c2ccc(N(c3ccccc3)c3ccc4[nH]c5ccc(-c6ccccc6)cc5c4c3)cc2)cc1. The molecule has 7 aromatic rings. The van der Waals surface area contributed by atoms with E-state index in [1.807, 2.05) is 0 Å². The van der Waals surface area contributed by atoms with Crippen LogP contribution in [0.1, 0.15) is 0 Å². The van der Waals surface area contributed by atoms with Crippen LogP contribution in [-0.2, 0) is 0 Å². The highest BCUT2D eigenvalue weighted by molar-refractivity contribution is 6.10. The van der Waals surface area contributed by atoms with Gasteiger partial charge in [0.15, 0.2) is 0 Å². The average molecular weight is 487 g/mol. The molecular formula is C36H26N2. The Morgan fingerprint density at radius 3 is 1.45 bits per heavy atom. The van der Waals surface area contributed by atoms with E-state index >= 15 is 0 Å². The van der Waals surface area contributed by atoms with Crippen molar-refractivity contribution in [3.05, 3.63) is 152 Å². The lowest BCUT2D eigenvalue weighted by molar-refractivity contribution is 1.29. The van der Waals surface area contributed by atoms with Crippen molar-refractivity contribution in [1.82, 2.24) is 4.98 Å². The second-order valence-electron chi connectivity index (χ2n) is 9.57. The summed E-state index contributed by atoms with van der Waals surface area (Å²) in [4.78, 5) is 5.94. The minimum absolute atomic E-state index is 1.13. The summed E-state index contributed by atoms with van der Waals surface area (Å²) in [5, 5.41) is 2.45. The van der Waals surface area contributed by atoms with Gasteiger partial charge < -0.3 is 9.88 Å². The highest BCUT2D eigenvalue weighted by atomic mass is 15.1. The zero-order valence-electron chi connectivity index (χ0n) is 20.9. The third-order valence-electron chi connectivity index (χ3n) is 7.19. The normalized spacial score (nSPS) is 11.2. The Bertz CT molecular complexity index is 1840. The van der Waals surface area contributed by atoms with Gasteiger partial charge in [0.25, 0.3) is 0 Å². The van der Waals surface area contributed by atoms with Crippen LogP contribution in [0.2, 0.25) is 0 Å². The van der Waals surface area contributed by atoms with Crippen LogP contribution in [0.4, 0.5) is 17.1 Å². The van der Waals surface area contributed by atoms with Crippen molar-refractivity contribution in [3.63, 3.8) is 0 Å². The summed E-state index contributed by atoms with van der Waals surface area (Å²) in [5.41, 5.74) is 10.6. The molecule has 0 saturated heterocycles. The molecular weight excluding hydrogens is 460 g/mol. The van der Waals surface area contributed by atoms with Crippen molar-refractivity contribution in [2.24, 2.45) is 0 Å². The molecule has 180 valence electrons. The number of nitrogens with one attached hydrogen (secondary N) is 1. The molecule has 38 heavy (non-hydrogen) atoms. The van der Waals surface area contributed by atoms with Crippen LogP contribution >= 0.6 is 0 Å². The van der Waals surface area contributed by atoms with E-state index < -0.39 is 0 Å². The summed E-state index contributed by atoms with van der Waals surface area (Å²) in [7, 11) is 0. The number of aromatic nitrogens is 1. The van der Waals surface area contributed by atoms with Crippen molar-refractivity contribution < 1.29 is 0 Å². The summed E-state index contributed by atoms with van der Waals surface area (Å²) in [6, 6.07) is 53.9. The number of fused-ring (bicyclic) bond motifs is 3. The zero-order chi connectivity index (χ0) is 25.3. The van der Waals surface area contributed by atoms with Crippen LogP contribution in [0, 0.1) is 0 Å². The van der Waals surface area contributed by atoms with Crippen molar-refractivity contribution >= 4 is 38.9 Å². The number of anilines is 3. The Morgan fingerprint density at radius 2 is 0.789 bits per heavy atom. The lowest BCUT2D eigenvalue weighted by Gasteiger charge is -2.25. The van der Waals surface area contributed by atoms with Gasteiger partial charge in [0.2, 0.25) is 0 Å². The van der Waals surface area contributed by atoms with Gasteiger partial charge in [-0.05, 0) is 76.9 Å². The number of rotatable bonds is 5. The van der Waals surface area contributed by atoms with E-state index in [9.17, 15) is 0 Å². The van der Waals surface area contributed by atoms with E-state index in [0.717, 1.165) is 28.1 Å². The number of hydrogen-bond donors (Lipinski definition) is 1. The van der Waals surface area contributed by atoms with E-state index in [0.29, 0.717) is 0 Å². The molecule has 7 rings (SSSR count). The first-order valence-corrected chi connectivity index (χ1v) is 13.0. The van der Waals surface area contributed by atoms with E-state index in [1.165, 1.54) is 33.0 Å². The molecule has 0 unspecified atom stereocenters. The van der Waals surface area contributed by atoms with Crippen LogP contribution < -0.4 is 4.90 Å². The first kappa shape index (κ1) is 22.1. The lowest BCUT2D eigenvalue weighted by atomic mass is 10.0.